The van der Waals surface area contributed by atoms with E-state index in [1.807, 2.05) is 0 Å². The molecule has 8 atom stereocenters. The molecule has 2 nitrogen and oxygen atoms in total. The van der Waals surface area contributed by atoms with Crippen molar-refractivity contribution in [2.45, 2.75) is 104 Å². The molecule has 2 heteroatoms. The maximum Gasteiger partial charge on any atom is 0.163 e. The Morgan fingerprint density at radius 2 is 1.62 bits per heavy atom. The highest BCUT2D eigenvalue weighted by molar-refractivity contribution is 5.25. The molecule has 0 bridgehead atoms. The summed E-state index contributed by atoms with van der Waals surface area (Å²) in [5.74, 6) is 2.62. The zero-order valence-electron chi connectivity index (χ0n) is 17.5. The SMILES string of the molecule is CC=C1CCC2C3C(CC[C@]12C)[C@@]1(C)CCCCC1[C@H]1OC(C)(C)O[C@H]31. The minimum absolute atomic E-state index is 0.326. The Morgan fingerprint density at radius 1 is 0.846 bits per heavy atom. The van der Waals surface area contributed by atoms with Gasteiger partial charge in [0.2, 0.25) is 0 Å². The summed E-state index contributed by atoms with van der Waals surface area (Å²) in [6.45, 7) is 11.8. The molecule has 0 amide bonds. The van der Waals surface area contributed by atoms with Crippen LogP contribution in [0.5, 0.6) is 0 Å². The largest absolute Gasteiger partial charge is 0.344 e. The van der Waals surface area contributed by atoms with Crippen LogP contribution in [0, 0.1) is 34.5 Å². The quantitative estimate of drug-likeness (QED) is 0.487. The van der Waals surface area contributed by atoms with Crippen LogP contribution >= 0.6 is 0 Å². The van der Waals surface area contributed by atoms with Gasteiger partial charge in [-0.2, -0.15) is 0 Å². The van der Waals surface area contributed by atoms with Crippen molar-refractivity contribution in [2.24, 2.45) is 34.5 Å². The highest BCUT2D eigenvalue weighted by Crippen LogP contribution is 2.69. The first-order chi connectivity index (χ1) is 12.3. The van der Waals surface area contributed by atoms with E-state index in [9.17, 15) is 0 Å². The van der Waals surface area contributed by atoms with Gasteiger partial charge < -0.3 is 9.47 Å². The van der Waals surface area contributed by atoms with Gasteiger partial charge in [-0.1, -0.05) is 38.3 Å². The molecule has 4 aliphatic carbocycles. The van der Waals surface area contributed by atoms with Gasteiger partial charge in [0, 0.05) is 0 Å². The van der Waals surface area contributed by atoms with Crippen LogP contribution in [0.3, 0.4) is 0 Å². The Labute approximate surface area is 160 Å². The monoisotopic (exact) mass is 358 g/mol. The lowest BCUT2D eigenvalue weighted by molar-refractivity contribution is -0.171. The van der Waals surface area contributed by atoms with Gasteiger partial charge in [0.05, 0.1) is 12.2 Å². The normalized spacial score (nSPS) is 56.6. The van der Waals surface area contributed by atoms with Crippen LogP contribution < -0.4 is 0 Å². The second-order valence-electron chi connectivity index (χ2n) is 11.0. The fourth-order valence-corrected chi connectivity index (χ4v) is 8.56. The van der Waals surface area contributed by atoms with E-state index in [1.165, 1.54) is 51.4 Å². The number of rotatable bonds is 0. The highest BCUT2D eigenvalue weighted by atomic mass is 16.8. The van der Waals surface area contributed by atoms with Gasteiger partial charge >= 0.3 is 0 Å². The lowest BCUT2D eigenvalue weighted by atomic mass is 9.44. The van der Waals surface area contributed by atoms with Crippen LogP contribution in [0.4, 0.5) is 0 Å². The Kier molecular flexibility index (Phi) is 3.82. The van der Waals surface area contributed by atoms with Crippen LogP contribution in [0.1, 0.15) is 86.0 Å². The van der Waals surface area contributed by atoms with Crippen molar-refractivity contribution in [3.8, 4) is 0 Å². The first-order valence-electron chi connectivity index (χ1n) is 11.3. The van der Waals surface area contributed by atoms with Gasteiger partial charge in [0.1, 0.15) is 0 Å². The molecule has 1 heterocycles. The summed E-state index contributed by atoms with van der Waals surface area (Å²) in [4.78, 5) is 0. The molecule has 1 aliphatic heterocycles. The first kappa shape index (κ1) is 17.7. The highest BCUT2D eigenvalue weighted by Gasteiger charge is 2.67. The molecule has 146 valence electrons. The number of hydrogen-bond acceptors (Lipinski definition) is 2. The number of ether oxygens (including phenoxy) is 2. The van der Waals surface area contributed by atoms with E-state index in [0.717, 1.165) is 11.8 Å². The maximum atomic E-state index is 6.70. The third-order valence-electron chi connectivity index (χ3n) is 9.64. The zero-order chi connectivity index (χ0) is 18.3. The molecule has 1 saturated heterocycles. The summed E-state index contributed by atoms with van der Waals surface area (Å²) in [5.41, 5.74) is 2.61. The molecule has 5 rings (SSSR count). The zero-order valence-corrected chi connectivity index (χ0v) is 17.5. The topological polar surface area (TPSA) is 18.5 Å². The molecule has 5 fully saturated rings. The Bertz CT molecular complexity index is 622. The third kappa shape index (κ3) is 2.18. The van der Waals surface area contributed by atoms with Crippen molar-refractivity contribution >= 4 is 0 Å². The van der Waals surface area contributed by atoms with Crippen LogP contribution in [-0.2, 0) is 9.47 Å². The van der Waals surface area contributed by atoms with E-state index in [1.54, 1.807) is 5.57 Å². The average Bonchev–Trinajstić information content (AvgIpc) is 3.09. The van der Waals surface area contributed by atoms with Crippen molar-refractivity contribution in [3.05, 3.63) is 11.6 Å². The molecule has 5 aliphatic rings. The molecular formula is C24H38O2. The van der Waals surface area contributed by atoms with Gasteiger partial charge in [-0.05, 0) is 93.8 Å². The van der Waals surface area contributed by atoms with Crippen LogP contribution in [0.25, 0.3) is 0 Å². The van der Waals surface area contributed by atoms with Crippen LogP contribution in [0.15, 0.2) is 11.6 Å². The van der Waals surface area contributed by atoms with Crippen LogP contribution in [-0.4, -0.2) is 18.0 Å². The number of fused-ring (bicyclic) bond motifs is 8. The average molecular weight is 359 g/mol. The minimum Gasteiger partial charge on any atom is -0.344 e. The van der Waals surface area contributed by atoms with E-state index >= 15 is 0 Å². The minimum atomic E-state index is -0.404. The second kappa shape index (κ2) is 5.60. The molecule has 4 saturated carbocycles. The van der Waals surface area contributed by atoms with Gasteiger partial charge in [0.25, 0.3) is 0 Å². The Morgan fingerprint density at radius 3 is 2.38 bits per heavy atom. The Balaban J connectivity index is 1.60. The molecule has 4 unspecified atom stereocenters. The van der Waals surface area contributed by atoms with E-state index in [2.05, 4.69) is 40.7 Å². The molecule has 26 heavy (non-hydrogen) atoms. The first-order valence-corrected chi connectivity index (χ1v) is 11.3. The molecule has 0 spiro atoms. The van der Waals surface area contributed by atoms with Crippen molar-refractivity contribution in [1.29, 1.82) is 0 Å². The fourth-order valence-electron chi connectivity index (χ4n) is 8.56. The summed E-state index contributed by atoms with van der Waals surface area (Å²) in [7, 11) is 0. The summed E-state index contributed by atoms with van der Waals surface area (Å²) in [5, 5.41) is 0. The predicted molar refractivity (Wildman–Crippen MR) is 105 cm³/mol. The smallest absolute Gasteiger partial charge is 0.163 e. The van der Waals surface area contributed by atoms with E-state index in [0.29, 0.717) is 34.9 Å². The molecule has 0 N–H and O–H groups in total. The predicted octanol–water partition coefficient (Wildman–Crippen LogP) is 6.11. The van der Waals surface area contributed by atoms with E-state index in [4.69, 9.17) is 9.47 Å². The Hall–Kier alpha value is -0.340. The number of allylic oxidation sites excluding steroid dienone is 2. The molecule has 0 aromatic carbocycles. The van der Waals surface area contributed by atoms with Crippen molar-refractivity contribution in [3.63, 3.8) is 0 Å². The van der Waals surface area contributed by atoms with Gasteiger partial charge in [-0.15, -0.1) is 0 Å². The maximum absolute atomic E-state index is 6.70. The lowest BCUT2D eigenvalue weighted by Gasteiger charge is -2.62. The third-order valence-corrected chi connectivity index (χ3v) is 9.64. The second-order valence-corrected chi connectivity index (χ2v) is 11.0. The van der Waals surface area contributed by atoms with Gasteiger partial charge in [0.15, 0.2) is 5.79 Å². The fraction of sp³-hybridized carbons (Fsp3) is 0.917. The van der Waals surface area contributed by atoms with E-state index in [-0.39, 0.29) is 0 Å². The molecular weight excluding hydrogens is 320 g/mol. The lowest BCUT2D eigenvalue weighted by Crippen LogP contribution is -2.62. The molecule has 0 radical (unpaired) electrons. The van der Waals surface area contributed by atoms with Gasteiger partial charge in [-0.3, -0.25) is 0 Å². The van der Waals surface area contributed by atoms with Crippen molar-refractivity contribution in [1.82, 2.24) is 0 Å². The standard InChI is InChI=1S/C24H38O2/c1-6-15-10-11-16-19-17(12-14-23(15,16)4)24(5)13-8-7-9-18(24)20-21(19)26-22(2,3)25-20/h6,16-21H,7-14H2,1-5H3/t16?,17?,18?,19?,20-,21-,23-,24-/m1/s1. The molecule has 0 aromatic rings. The van der Waals surface area contributed by atoms with Crippen molar-refractivity contribution in [2.75, 3.05) is 0 Å². The summed E-state index contributed by atoms with van der Waals surface area (Å²) < 4.78 is 13.3. The summed E-state index contributed by atoms with van der Waals surface area (Å²) >= 11 is 0. The molecule has 0 aromatic heterocycles. The van der Waals surface area contributed by atoms with Crippen LogP contribution in [0.2, 0.25) is 0 Å². The summed E-state index contributed by atoms with van der Waals surface area (Å²) in [6.07, 6.45) is 14.1. The van der Waals surface area contributed by atoms with Crippen molar-refractivity contribution < 1.29 is 9.47 Å². The van der Waals surface area contributed by atoms with Gasteiger partial charge in [-0.25, -0.2) is 0 Å². The number of hydrogen-bond donors (Lipinski definition) is 0. The summed E-state index contributed by atoms with van der Waals surface area (Å²) in [6, 6.07) is 0. The van der Waals surface area contributed by atoms with E-state index < -0.39 is 5.79 Å².